The highest BCUT2D eigenvalue weighted by molar-refractivity contribution is 5.49. The van der Waals surface area contributed by atoms with Gasteiger partial charge in [0.2, 0.25) is 0 Å². The third-order valence-corrected chi connectivity index (χ3v) is 2.99. The fourth-order valence-electron chi connectivity index (χ4n) is 1.88. The predicted molar refractivity (Wildman–Crippen MR) is 77.2 cm³/mol. The van der Waals surface area contributed by atoms with Crippen LogP contribution in [0.1, 0.15) is 24.8 Å². The number of unbranched alkanes of at least 4 members (excludes halogenated alkanes) is 2. The van der Waals surface area contributed by atoms with E-state index in [1.54, 1.807) is 7.11 Å². The van der Waals surface area contributed by atoms with Gasteiger partial charge >= 0.3 is 0 Å². The maximum Gasteiger partial charge on any atom is 0.280 e. The lowest BCUT2D eigenvalue weighted by atomic mass is 10.1. The van der Waals surface area contributed by atoms with Crippen molar-refractivity contribution in [3.8, 4) is 0 Å². The summed E-state index contributed by atoms with van der Waals surface area (Å²) in [5, 5.41) is 24.7. The number of methoxy groups -OCH3 is 1. The van der Waals surface area contributed by atoms with E-state index in [-0.39, 0.29) is 11.4 Å². The van der Waals surface area contributed by atoms with E-state index in [2.05, 4.69) is 5.32 Å². The molecule has 0 atom stereocenters. The number of nitrogens with one attached hydrogen (secondary N) is 1. The highest BCUT2D eigenvalue weighted by Gasteiger charge is 2.18. The first-order chi connectivity index (χ1) is 10.1. The summed E-state index contributed by atoms with van der Waals surface area (Å²) in [6.45, 7) is 1.78. The second-order valence-electron chi connectivity index (χ2n) is 4.56. The Morgan fingerprint density at radius 3 is 2.52 bits per heavy atom. The number of ether oxygens (including phenoxy) is 1. The van der Waals surface area contributed by atoms with Gasteiger partial charge < -0.3 is 10.1 Å². The molecule has 8 heteroatoms. The van der Waals surface area contributed by atoms with Crippen LogP contribution < -0.4 is 5.32 Å². The predicted octanol–water partition coefficient (Wildman–Crippen LogP) is 2.41. The van der Waals surface area contributed by atoms with Gasteiger partial charge in [-0.1, -0.05) is 0 Å². The van der Waals surface area contributed by atoms with E-state index >= 15 is 0 Å². The molecule has 0 aromatic heterocycles. The van der Waals surface area contributed by atoms with Crippen LogP contribution in [0.25, 0.3) is 0 Å². The van der Waals surface area contributed by atoms with Crippen molar-refractivity contribution in [2.45, 2.75) is 25.8 Å². The molecule has 1 N–H and O–H groups in total. The summed E-state index contributed by atoms with van der Waals surface area (Å²) in [4.78, 5) is 20.3. The minimum absolute atomic E-state index is 0.226. The lowest BCUT2D eigenvalue weighted by Crippen LogP contribution is -2.15. The second-order valence-corrected chi connectivity index (χ2v) is 4.56. The normalized spacial score (nSPS) is 10.5. The number of rotatable bonds is 10. The minimum Gasteiger partial charge on any atom is -0.385 e. The first-order valence-corrected chi connectivity index (χ1v) is 6.67. The van der Waals surface area contributed by atoms with Gasteiger partial charge in [-0.25, -0.2) is 0 Å². The third kappa shape index (κ3) is 5.84. The lowest BCUT2D eigenvalue weighted by molar-refractivity contribution is -0.394. The molecule has 21 heavy (non-hydrogen) atoms. The molecule has 0 saturated carbocycles. The summed E-state index contributed by atoms with van der Waals surface area (Å²) in [6.07, 6.45) is 2.95. The van der Waals surface area contributed by atoms with Gasteiger partial charge in [0.1, 0.15) is 0 Å². The Balaban J connectivity index is 2.51. The molecule has 116 valence electrons. The van der Waals surface area contributed by atoms with E-state index in [4.69, 9.17) is 4.74 Å². The van der Waals surface area contributed by atoms with Crippen LogP contribution in [0.2, 0.25) is 0 Å². The summed E-state index contributed by atoms with van der Waals surface area (Å²) in [6, 6.07) is 3.70. The van der Waals surface area contributed by atoms with Crippen LogP contribution in [-0.4, -0.2) is 30.1 Å². The van der Waals surface area contributed by atoms with E-state index < -0.39 is 9.85 Å². The molecule has 0 bridgehead atoms. The molecule has 0 saturated heterocycles. The zero-order valence-electron chi connectivity index (χ0n) is 11.9. The Morgan fingerprint density at radius 1 is 1.14 bits per heavy atom. The van der Waals surface area contributed by atoms with E-state index in [0.29, 0.717) is 12.1 Å². The van der Waals surface area contributed by atoms with Crippen LogP contribution in [0.4, 0.5) is 11.4 Å². The fraction of sp³-hybridized carbons (Fsp3) is 0.538. The van der Waals surface area contributed by atoms with E-state index in [1.165, 1.54) is 12.1 Å². The molecule has 0 aliphatic carbocycles. The number of hydrogen-bond donors (Lipinski definition) is 1. The maximum atomic E-state index is 10.9. The van der Waals surface area contributed by atoms with Crippen LogP contribution >= 0.6 is 0 Å². The van der Waals surface area contributed by atoms with Gasteiger partial charge in [-0.3, -0.25) is 20.2 Å². The summed E-state index contributed by atoms with van der Waals surface area (Å²) < 4.78 is 4.94. The highest BCUT2D eigenvalue weighted by atomic mass is 16.6. The van der Waals surface area contributed by atoms with Crippen LogP contribution in [0.15, 0.2) is 18.2 Å². The molecule has 1 rings (SSSR count). The van der Waals surface area contributed by atoms with Crippen LogP contribution in [0, 0.1) is 20.2 Å². The highest BCUT2D eigenvalue weighted by Crippen LogP contribution is 2.24. The molecule has 0 unspecified atom stereocenters. The van der Waals surface area contributed by atoms with E-state index in [9.17, 15) is 20.2 Å². The van der Waals surface area contributed by atoms with Crippen molar-refractivity contribution in [1.29, 1.82) is 0 Å². The number of benzene rings is 1. The van der Waals surface area contributed by atoms with Crippen LogP contribution in [0.5, 0.6) is 0 Å². The van der Waals surface area contributed by atoms with Gasteiger partial charge in [-0.15, -0.1) is 0 Å². The first-order valence-electron chi connectivity index (χ1n) is 6.67. The molecule has 0 fully saturated rings. The third-order valence-electron chi connectivity index (χ3n) is 2.99. The molecule has 0 heterocycles. The van der Waals surface area contributed by atoms with Crippen molar-refractivity contribution < 1.29 is 14.6 Å². The largest absolute Gasteiger partial charge is 0.385 e. The van der Waals surface area contributed by atoms with Crippen molar-refractivity contribution >= 4 is 11.4 Å². The van der Waals surface area contributed by atoms with E-state index in [1.807, 2.05) is 0 Å². The van der Waals surface area contributed by atoms with Gasteiger partial charge in [-0.2, -0.15) is 0 Å². The zero-order valence-corrected chi connectivity index (χ0v) is 11.9. The Kier molecular flexibility index (Phi) is 7.27. The quantitative estimate of drug-likeness (QED) is 0.403. The Bertz CT molecular complexity index is 493. The number of hydrogen-bond acceptors (Lipinski definition) is 6. The van der Waals surface area contributed by atoms with Crippen LogP contribution in [0.3, 0.4) is 0 Å². The molecule has 0 radical (unpaired) electrons. The monoisotopic (exact) mass is 297 g/mol. The molecule has 0 aliphatic rings. The Morgan fingerprint density at radius 2 is 1.90 bits per heavy atom. The van der Waals surface area contributed by atoms with Gasteiger partial charge in [0, 0.05) is 31.9 Å². The molecule has 8 nitrogen and oxygen atoms in total. The second kappa shape index (κ2) is 8.98. The standard InChI is InChI=1S/C13H19N3O5/c1-21-8-4-2-3-7-14-10-11-5-6-12(15(17)18)9-13(11)16(19)20/h5-6,9,14H,2-4,7-8,10H2,1H3. The average Bonchev–Trinajstić information content (AvgIpc) is 2.46. The number of nitrogens with zero attached hydrogens (tertiary/aromatic N) is 2. The lowest BCUT2D eigenvalue weighted by Gasteiger charge is -2.06. The average molecular weight is 297 g/mol. The zero-order chi connectivity index (χ0) is 15.7. The van der Waals surface area contributed by atoms with Crippen molar-refractivity contribution in [3.05, 3.63) is 44.0 Å². The smallest absolute Gasteiger partial charge is 0.280 e. The van der Waals surface area contributed by atoms with Crippen molar-refractivity contribution in [2.24, 2.45) is 0 Å². The summed E-state index contributed by atoms with van der Waals surface area (Å²) in [5.41, 5.74) is -0.0522. The van der Waals surface area contributed by atoms with Gasteiger partial charge in [0.05, 0.1) is 15.9 Å². The van der Waals surface area contributed by atoms with Gasteiger partial charge in [-0.05, 0) is 31.9 Å². The van der Waals surface area contributed by atoms with Gasteiger partial charge in [0.25, 0.3) is 11.4 Å². The summed E-state index contributed by atoms with van der Waals surface area (Å²) in [7, 11) is 1.66. The minimum atomic E-state index is -0.639. The molecule has 1 aromatic rings. The number of non-ortho nitro benzene ring substituents is 1. The summed E-state index contributed by atoms with van der Waals surface area (Å²) in [5.74, 6) is 0. The van der Waals surface area contributed by atoms with Crippen molar-refractivity contribution in [2.75, 3.05) is 20.3 Å². The van der Waals surface area contributed by atoms with E-state index in [0.717, 1.165) is 38.5 Å². The maximum absolute atomic E-state index is 10.9. The molecule has 0 spiro atoms. The summed E-state index contributed by atoms with van der Waals surface area (Å²) >= 11 is 0. The molecule has 0 aliphatic heterocycles. The Hall–Kier alpha value is -2.06. The fourth-order valence-corrected chi connectivity index (χ4v) is 1.88. The van der Waals surface area contributed by atoms with Crippen molar-refractivity contribution in [3.63, 3.8) is 0 Å². The molecular weight excluding hydrogens is 278 g/mol. The molecular formula is C13H19N3O5. The van der Waals surface area contributed by atoms with Crippen LogP contribution in [-0.2, 0) is 11.3 Å². The molecule has 1 aromatic carbocycles. The van der Waals surface area contributed by atoms with Crippen molar-refractivity contribution in [1.82, 2.24) is 5.32 Å². The topological polar surface area (TPSA) is 108 Å². The first kappa shape index (κ1) is 17.0. The van der Waals surface area contributed by atoms with Gasteiger partial charge in [0.15, 0.2) is 0 Å². The SMILES string of the molecule is COCCCCCNCc1ccc([N+](=O)[O-])cc1[N+](=O)[O-]. The number of nitro benzene ring substituents is 2. The Labute approximate surface area is 122 Å². The number of nitro groups is 2. The molecule has 0 amide bonds.